The number of carbonyl (C=O) groups excluding carboxylic acids is 1. The maximum atomic E-state index is 13.3. The highest BCUT2D eigenvalue weighted by Crippen LogP contribution is 2.33. The lowest BCUT2D eigenvalue weighted by Crippen LogP contribution is -2.39. The summed E-state index contributed by atoms with van der Waals surface area (Å²) in [6, 6.07) is 6.94. The number of ether oxygens (including phenoxy) is 1. The molecule has 0 aliphatic carbocycles. The molecule has 0 fully saturated rings. The summed E-state index contributed by atoms with van der Waals surface area (Å²) in [6.07, 6.45) is 1.45. The molecule has 0 bridgehead atoms. The van der Waals surface area contributed by atoms with Crippen LogP contribution in [0.25, 0.3) is 6.08 Å². The van der Waals surface area contributed by atoms with Gasteiger partial charge in [0.2, 0.25) is 0 Å². The summed E-state index contributed by atoms with van der Waals surface area (Å²) < 4.78 is 13.1. The van der Waals surface area contributed by atoms with E-state index in [9.17, 15) is 9.59 Å². The van der Waals surface area contributed by atoms with E-state index in [1.165, 1.54) is 22.7 Å². The largest absolute Gasteiger partial charge is 0.462 e. The molecule has 6 nitrogen and oxygen atoms in total. The van der Waals surface area contributed by atoms with Gasteiger partial charge in [0, 0.05) is 11.0 Å². The third-order valence-corrected chi connectivity index (χ3v) is 6.34. The zero-order valence-corrected chi connectivity index (χ0v) is 18.1. The maximum absolute atomic E-state index is 13.3. The summed E-state index contributed by atoms with van der Waals surface area (Å²) in [6.45, 7) is 7.24. The predicted octanol–water partition coefficient (Wildman–Crippen LogP) is 3.15. The first kappa shape index (κ1) is 19.6. The van der Waals surface area contributed by atoms with Gasteiger partial charge in [0.1, 0.15) is 17.6 Å². The molecule has 29 heavy (non-hydrogen) atoms. The van der Waals surface area contributed by atoms with E-state index in [4.69, 9.17) is 9.15 Å². The van der Waals surface area contributed by atoms with Gasteiger partial charge < -0.3 is 9.15 Å². The van der Waals surface area contributed by atoms with Gasteiger partial charge in [-0.25, -0.2) is 9.79 Å². The summed E-state index contributed by atoms with van der Waals surface area (Å²) in [5.74, 6) is 0.932. The molecule has 0 saturated carbocycles. The van der Waals surface area contributed by atoms with E-state index in [0.29, 0.717) is 26.4 Å². The van der Waals surface area contributed by atoms with Crippen molar-refractivity contribution in [1.29, 1.82) is 0 Å². The fourth-order valence-electron chi connectivity index (χ4n) is 3.24. The van der Waals surface area contributed by atoms with Crippen molar-refractivity contribution >= 4 is 34.7 Å². The van der Waals surface area contributed by atoms with E-state index in [2.05, 4.69) is 4.99 Å². The molecule has 0 N–H and O–H groups in total. The van der Waals surface area contributed by atoms with Crippen molar-refractivity contribution in [2.45, 2.75) is 39.8 Å². The first-order chi connectivity index (χ1) is 13.8. The van der Waals surface area contributed by atoms with Gasteiger partial charge in [-0.05, 0) is 51.3 Å². The third-order valence-electron chi connectivity index (χ3n) is 4.43. The van der Waals surface area contributed by atoms with Crippen molar-refractivity contribution in [1.82, 2.24) is 4.57 Å². The van der Waals surface area contributed by atoms with E-state index >= 15 is 0 Å². The van der Waals surface area contributed by atoms with Crippen LogP contribution >= 0.6 is 22.7 Å². The van der Waals surface area contributed by atoms with Crippen molar-refractivity contribution in [2.24, 2.45) is 4.99 Å². The molecule has 4 heterocycles. The molecule has 1 unspecified atom stereocenters. The molecule has 0 amide bonds. The number of furan rings is 1. The van der Waals surface area contributed by atoms with Crippen molar-refractivity contribution in [3.8, 4) is 0 Å². The van der Waals surface area contributed by atoms with Crippen molar-refractivity contribution < 1.29 is 13.9 Å². The number of hydrogen-bond donors (Lipinski definition) is 0. The first-order valence-electron chi connectivity index (χ1n) is 9.18. The van der Waals surface area contributed by atoms with Gasteiger partial charge in [-0.2, -0.15) is 0 Å². The molecular weight excluding hydrogens is 408 g/mol. The fourth-order valence-corrected chi connectivity index (χ4v) is 5.09. The Morgan fingerprint density at radius 1 is 1.31 bits per heavy atom. The molecule has 1 atom stereocenters. The van der Waals surface area contributed by atoms with Crippen LogP contribution < -0.4 is 14.9 Å². The Labute approximate surface area is 175 Å². The highest BCUT2D eigenvalue weighted by atomic mass is 32.1. The van der Waals surface area contributed by atoms with Crippen molar-refractivity contribution in [2.75, 3.05) is 0 Å². The lowest BCUT2D eigenvalue weighted by Gasteiger charge is -2.24. The summed E-state index contributed by atoms with van der Waals surface area (Å²) in [4.78, 5) is 32.2. The highest BCUT2D eigenvalue weighted by molar-refractivity contribution is 7.10. The second-order valence-corrected chi connectivity index (χ2v) is 8.99. The number of aryl methyl sites for hydroxylation is 1. The van der Waals surface area contributed by atoms with Crippen LogP contribution in [-0.4, -0.2) is 16.6 Å². The third kappa shape index (κ3) is 3.65. The Morgan fingerprint density at radius 2 is 2.10 bits per heavy atom. The average Bonchev–Trinajstić information content (AvgIpc) is 3.36. The van der Waals surface area contributed by atoms with Crippen LogP contribution in [0.4, 0.5) is 0 Å². The normalized spacial score (nSPS) is 16.9. The highest BCUT2D eigenvalue weighted by Gasteiger charge is 2.34. The van der Waals surface area contributed by atoms with Crippen LogP contribution in [0.5, 0.6) is 0 Å². The maximum Gasteiger partial charge on any atom is 0.338 e. The Morgan fingerprint density at radius 3 is 2.72 bits per heavy atom. The Hall–Kier alpha value is -2.71. The van der Waals surface area contributed by atoms with E-state index in [1.54, 1.807) is 31.4 Å². The van der Waals surface area contributed by atoms with Crippen LogP contribution in [-0.2, 0) is 9.53 Å². The molecule has 0 spiro atoms. The number of esters is 1. The second-order valence-electron chi connectivity index (χ2n) is 7.00. The van der Waals surface area contributed by atoms with E-state index in [-0.39, 0.29) is 11.7 Å². The molecule has 0 radical (unpaired) electrons. The zero-order chi connectivity index (χ0) is 20.7. The van der Waals surface area contributed by atoms with Gasteiger partial charge in [0.15, 0.2) is 4.80 Å². The number of fused-ring (bicyclic) bond motifs is 1. The number of thiophene rings is 1. The molecule has 0 saturated heterocycles. The first-order valence-corrected chi connectivity index (χ1v) is 10.9. The van der Waals surface area contributed by atoms with Gasteiger partial charge in [-0.15, -0.1) is 11.3 Å². The Balaban J connectivity index is 1.93. The SMILES string of the molecule is CC1=C(C(=O)OC(C)C)C(c2cccs2)n2c(sc(=Cc3ccc(C)o3)c2=O)=N1. The summed E-state index contributed by atoms with van der Waals surface area (Å²) in [5.41, 5.74) is 0.758. The summed E-state index contributed by atoms with van der Waals surface area (Å²) >= 11 is 2.78. The van der Waals surface area contributed by atoms with Crippen molar-refractivity contribution in [3.05, 3.63) is 77.0 Å². The second kappa shape index (κ2) is 7.61. The van der Waals surface area contributed by atoms with E-state index in [1.807, 2.05) is 36.6 Å². The quantitative estimate of drug-likeness (QED) is 0.599. The average molecular weight is 429 g/mol. The molecule has 1 aliphatic rings. The van der Waals surface area contributed by atoms with Gasteiger partial charge in [0.05, 0.1) is 21.9 Å². The molecule has 1 aliphatic heterocycles. The van der Waals surface area contributed by atoms with E-state index in [0.717, 1.165) is 10.6 Å². The van der Waals surface area contributed by atoms with Gasteiger partial charge in [0.25, 0.3) is 5.56 Å². The molecule has 8 heteroatoms. The number of allylic oxidation sites excluding steroid dienone is 1. The number of aromatic nitrogens is 1. The number of rotatable bonds is 4. The molecule has 0 aromatic carbocycles. The van der Waals surface area contributed by atoms with E-state index < -0.39 is 12.0 Å². The fraction of sp³-hybridized carbons (Fsp3) is 0.286. The standard InChI is InChI=1S/C21H20N2O4S2/c1-11(2)26-20(25)17-13(4)22-21-23(18(17)15-6-5-9-28-15)19(24)16(29-21)10-14-8-7-12(3)27-14/h5-11,18H,1-4H3. The van der Waals surface area contributed by atoms with Crippen LogP contribution in [0.2, 0.25) is 0 Å². The van der Waals surface area contributed by atoms with Crippen LogP contribution in [0.3, 0.4) is 0 Å². The minimum Gasteiger partial charge on any atom is -0.462 e. The Kier molecular flexibility index (Phi) is 5.14. The molecule has 150 valence electrons. The smallest absolute Gasteiger partial charge is 0.338 e. The minimum absolute atomic E-state index is 0.205. The van der Waals surface area contributed by atoms with Gasteiger partial charge in [-0.3, -0.25) is 9.36 Å². The van der Waals surface area contributed by atoms with Crippen LogP contribution in [0, 0.1) is 6.92 Å². The number of hydrogen-bond acceptors (Lipinski definition) is 7. The summed E-state index contributed by atoms with van der Waals surface area (Å²) in [5, 5.41) is 1.93. The van der Waals surface area contributed by atoms with Crippen LogP contribution in [0.1, 0.15) is 43.2 Å². The lowest BCUT2D eigenvalue weighted by atomic mass is 10.0. The van der Waals surface area contributed by atoms with Crippen LogP contribution in [0.15, 0.2) is 55.1 Å². The topological polar surface area (TPSA) is 73.8 Å². The number of nitrogens with zero attached hydrogens (tertiary/aromatic N) is 2. The van der Waals surface area contributed by atoms with Gasteiger partial charge >= 0.3 is 5.97 Å². The molecule has 3 aromatic heterocycles. The zero-order valence-electron chi connectivity index (χ0n) is 16.5. The monoisotopic (exact) mass is 428 g/mol. The number of carbonyl (C=O) groups is 1. The molecule has 3 aromatic rings. The number of thiazole rings is 1. The summed E-state index contributed by atoms with van der Waals surface area (Å²) in [7, 11) is 0. The Bertz CT molecular complexity index is 1270. The lowest BCUT2D eigenvalue weighted by molar-refractivity contribution is -0.143. The minimum atomic E-state index is -0.557. The molecule has 4 rings (SSSR count). The van der Waals surface area contributed by atoms with Crippen molar-refractivity contribution in [3.63, 3.8) is 0 Å². The van der Waals surface area contributed by atoms with Gasteiger partial charge in [-0.1, -0.05) is 17.4 Å². The predicted molar refractivity (Wildman–Crippen MR) is 113 cm³/mol. The molecular formula is C21H20N2O4S2.